The highest BCUT2D eigenvalue weighted by Crippen LogP contribution is 2.35. The number of para-hydroxylation sites is 1. The van der Waals surface area contributed by atoms with E-state index in [1.807, 2.05) is 0 Å². The molecule has 0 atom stereocenters. The number of amides is 1. The fourth-order valence-corrected chi connectivity index (χ4v) is 5.07. The number of fused-ring (bicyclic) bond motifs is 1. The zero-order valence-electron chi connectivity index (χ0n) is 17.1. The molecule has 0 heterocycles. The van der Waals surface area contributed by atoms with Crippen LogP contribution in [-0.2, 0) is 16.4 Å². The van der Waals surface area contributed by atoms with Crippen LogP contribution >= 0.6 is 11.6 Å². The number of hydrogen-bond acceptors (Lipinski definition) is 5. The fourth-order valence-electron chi connectivity index (χ4n) is 3.57. The molecule has 1 aliphatic rings. The average Bonchev–Trinajstić information content (AvgIpc) is 3.25. The molecular formula is C23H20ClN3O4S. The van der Waals surface area contributed by atoms with Crippen LogP contribution in [0.5, 0.6) is 5.75 Å². The zero-order chi connectivity index (χ0) is 22.9. The van der Waals surface area contributed by atoms with Crippen LogP contribution in [0.3, 0.4) is 0 Å². The van der Waals surface area contributed by atoms with Crippen LogP contribution < -0.4 is 9.73 Å². The number of nitrogens with zero attached hydrogens (tertiary/aromatic N) is 2. The predicted molar refractivity (Wildman–Crippen MR) is 124 cm³/mol. The Morgan fingerprint density at radius 2 is 1.81 bits per heavy atom. The highest BCUT2D eigenvalue weighted by Gasteiger charge is 2.25. The minimum Gasteiger partial charge on any atom is -0.507 e. The van der Waals surface area contributed by atoms with Gasteiger partial charge in [0.15, 0.2) is 0 Å². The molecule has 4 rings (SSSR count). The van der Waals surface area contributed by atoms with Crippen molar-refractivity contribution < 1.29 is 18.3 Å². The van der Waals surface area contributed by atoms with E-state index in [1.54, 1.807) is 36.4 Å². The highest BCUT2D eigenvalue weighted by molar-refractivity contribution is 7.92. The molecule has 0 fully saturated rings. The summed E-state index contributed by atoms with van der Waals surface area (Å²) in [4.78, 5) is 12.7. The molecule has 164 valence electrons. The monoisotopic (exact) mass is 469 g/mol. The van der Waals surface area contributed by atoms with Crippen molar-refractivity contribution in [1.82, 2.24) is 5.43 Å². The molecule has 0 radical (unpaired) electrons. The standard InChI is InChI=1S/C23H20ClN3O4S/c1-27(16-7-3-2-4-8-16)32(30,31)17-9-5-6-15(14-17)23(29)26-25-20-12-10-18-19(24)11-13-21(28)22(18)20/h2-9,11,13-14,28H,10,12H2,1H3,(H,26,29)/b25-20+. The summed E-state index contributed by atoms with van der Waals surface area (Å²) in [5.74, 6) is -0.515. The Balaban J connectivity index is 1.57. The summed E-state index contributed by atoms with van der Waals surface area (Å²) in [6.45, 7) is 0. The van der Waals surface area contributed by atoms with Gasteiger partial charge >= 0.3 is 0 Å². The van der Waals surface area contributed by atoms with Gasteiger partial charge in [0.05, 0.1) is 16.3 Å². The summed E-state index contributed by atoms with van der Waals surface area (Å²) in [6, 6.07) is 17.5. The highest BCUT2D eigenvalue weighted by atomic mass is 35.5. The van der Waals surface area contributed by atoms with Gasteiger partial charge in [0.25, 0.3) is 15.9 Å². The summed E-state index contributed by atoms with van der Waals surface area (Å²) in [5.41, 5.74) is 4.93. The lowest BCUT2D eigenvalue weighted by atomic mass is 10.1. The quantitative estimate of drug-likeness (QED) is 0.552. The van der Waals surface area contributed by atoms with Gasteiger partial charge in [-0.15, -0.1) is 0 Å². The van der Waals surface area contributed by atoms with Crippen molar-refractivity contribution in [3.63, 3.8) is 0 Å². The first kappa shape index (κ1) is 21.9. The maximum atomic E-state index is 13.0. The van der Waals surface area contributed by atoms with Gasteiger partial charge in [0.2, 0.25) is 0 Å². The smallest absolute Gasteiger partial charge is 0.271 e. The van der Waals surface area contributed by atoms with E-state index in [2.05, 4.69) is 10.5 Å². The van der Waals surface area contributed by atoms with Crippen LogP contribution in [0.15, 0.2) is 76.7 Å². The number of rotatable bonds is 5. The largest absolute Gasteiger partial charge is 0.507 e. The van der Waals surface area contributed by atoms with Gasteiger partial charge < -0.3 is 5.11 Å². The third kappa shape index (κ3) is 4.06. The number of nitrogens with one attached hydrogen (secondary N) is 1. The summed E-state index contributed by atoms with van der Waals surface area (Å²) in [7, 11) is -2.40. The van der Waals surface area contributed by atoms with Gasteiger partial charge in [-0.25, -0.2) is 13.8 Å². The Morgan fingerprint density at radius 1 is 1.06 bits per heavy atom. The first-order valence-corrected chi connectivity index (χ1v) is 11.6. The lowest BCUT2D eigenvalue weighted by molar-refractivity contribution is 0.0954. The van der Waals surface area contributed by atoms with Crippen LogP contribution in [0.25, 0.3) is 0 Å². The van der Waals surface area contributed by atoms with Gasteiger partial charge in [-0.3, -0.25) is 9.10 Å². The minimum absolute atomic E-state index is 0.0141. The molecular weight excluding hydrogens is 450 g/mol. The molecule has 1 aliphatic carbocycles. The number of carbonyl (C=O) groups is 1. The number of hydrogen-bond donors (Lipinski definition) is 2. The molecule has 7 nitrogen and oxygen atoms in total. The Morgan fingerprint density at radius 3 is 2.56 bits per heavy atom. The van der Waals surface area contributed by atoms with Crippen molar-refractivity contribution in [2.45, 2.75) is 17.7 Å². The molecule has 2 N–H and O–H groups in total. The molecule has 3 aromatic rings. The number of carbonyl (C=O) groups excluding carboxylic acids is 1. The predicted octanol–water partition coefficient (Wildman–Crippen LogP) is 3.95. The van der Waals surface area contributed by atoms with Crippen LogP contribution in [-0.4, -0.2) is 32.2 Å². The number of aromatic hydroxyl groups is 1. The molecule has 0 unspecified atom stereocenters. The first-order chi connectivity index (χ1) is 15.3. The molecule has 0 aromatic heterocycles. The van der Waals surface area contributed by atoms with Crippen molar-refractivity contribution in [2.24, 2.45) is 5.10 Å². The van der Waals surface area contributed by atoms with Crippen molar-refractivity contribution >= 4 is 38.9 Å². The van der Waals surface area contributed by atoms with E-state index < -0.39 is 15.9 Å². The maximum Gasteiger partial charge on any atom is 0.271 e. The molecule has 0 saturated heterocycles. The topological polar surface area (TPSA) is 99.1 Å². The second-order valence-corrected chi connectivity index (χ2v) is 9.63. The van der Waals surface area contributed by atoms with Crippen molar-refractivity contribution in [3.8, 4) is 5.75 Å². The SMILES string of the molecule is CN(c1ccccc1)S(=O)(=O)c1cccc(C(=O)N/N=C2\CCc3c(Cl)ccc(O)c32)c1. The number of hydrazone groups is 1. The maximum absolute atomic E-state index is 13.0. The van der Waals surface area contributed by atoms with E-state index in [4.69, 9.17) is 11.6 Å². The number of benzene rings is 3. The normalized spacial score (nSPS) is 14.2. The number of halogens is 1. The van der Waals surface area contributed by atoms with Gasteiger partial charge in [-0.05, 0) is 60.9 Å². The van der Waals surface area contributed by atoms with E-state index in [0.717, 1.165) is 9.87 Å². The van der Waals surface area contributed by atoms with E-state index >= 15 is 0 Å². The molecule has 3 aromatic carbocycles. The lowest BCUT2D eigenvalue weighted by Gasteiger charge is -2.19. The van der Waals surface area contributed by atoms with Gasteiger partial charge in [-0.1, -0.05) is 35.9 Å². The lowest BCUT2D eigenvalue weighted by Crippen LogP contribution is -2.27. The molecule has 9 heteroatoms. The Kier molecular flexibility index (Phi) is 5.90. The first-order valence-electron chi connectivity index (χ1n) is 9.80. The van der Waals surface area contributed by atoms with Gasteiger partial charge in [-0.2, -0.15) is 5.10 Å². The van der Waals surface area contributed by atoms with E-state index in [0.29, 0.717) is 34.8 Å². The molecule has 0 bridgehead atoms. The van der Waals surface area contributed by atoms with Crippen LogP contribution in [0.2, 0.25) is 5.02 Å². The van der Waals surface area contributed by atoms with Crippen LogP contribution in [0.1, 0.15) is 27.9 Å². The summed E-state index contributed by atoms with van der Waals surface area (Å²) in [6.07, 6.45) is 1.13. The Bertz CT molecular complexity index is 1320. The second kappa shape index (κ2) is 8.64. The summed E-state index contributed by atoms with van der Waals surface area (Å²) in [5, 5.41) is 14.8. The number of anilines is 1. The molecule has 0 spiro atoms. The number of phenols is 1. The molecule has 0 aliphatic heterocycles. The van der Waals surface area contributed by atoms with Crippen LogP contribution in [0.4, 0.5) is 5.69 Å². The Labute approximate surface area is 191 Å². The summed E-state index contributed by atoms with van der Waals surface area (Å²) >= 11 is 6.18. The molecule has 32 heavy (non-hydrogen) atoms. The number of phenolic OH excluding ortho intramolecular Hbond substituents is 1. The minimum atomic E-state index is -3.86. The van der Waals surface area contributed by atoms with Crippen LogP contribution in [0, 0.1) is 0 Å². The molecule has 1 amide bonds. The fraction of sp³-hybridized carbons (Fsp3) is 0.130. The summed E-state index contributed by atoms with van der Waals surface area (Å²) < 4.78 is 27.2. The van der Waals surface area contributed by atoms with E-state index in [-0.39, 0.29) is 16.2 Å². The average molecular weight is 470 g/mol. The third-order valence-electron chi connectivity index (χ3n) is 5.30. The van der Waals surface area contributed by atoms with E-state index in [9.17, 15) is 18.3 Å². The van der Waals surface area contributed by atoms with E-state index in [1.165, 1.54) is 37.4 Å². The van der Waals surface area contributed by atoms with Gasteiger partial charge in [0, 0.05) is 23.2 Å². The number of sulfonamides is 1. The Hall–Kier alpha value is -3.36. The van der Waals surface area contributed by atoms with Crippen molar-refractivity contribution in [2.75, 3.05) is 11.4 Å². The van der Waals surface area contributed by atoms with Gasteiger partial charge in [0.1, 0.15) is 5.75 Å². The van der Waals surface area contributed by atoms with Crippen molar-refractivity contribution in [3.05, 3.63) is 88.4 Å². The zero-order valence-corrected chi connectivity index (χ0v) is 18.7. The second-order valence-electron chi connectivity index (χ2n) is 7.26. The van der Waals surface area contributed by atoms with Crippen molar-refractivity contribution in [1.29, 1.82) is 0 Å². The third-order valence-corrected chi connectivity index (χ3v) is 7.44. The molecule has 0 saturated carbocycles.